The predicted molar refractivity (Wildman–Crippen MR) is 113 cm³/mol. The number of hydrogen-bond donors (Lipinski definition) is 1. The van der Waals surface area contributed by atoms with Crippen molar-refractivity contribution in [3.63, 3.8) is 0 Å². The lowest BCUT2D eigenvalue weighted by Gasteiger charge is -2.43. The first kappa shape index (κ1) is 18.2. The van der Waals surface area contributed by atoms with Crippen molar-refractivity contribution in [1.29, 1.82) is 0 Å². The number of pyridine rings is 1. The van der Waals surface area contributed by atoms with E-state index in [2.05, 4.69) is 45.5 Å². The molecule has 2 bridgehead atoms. The number of hydrogen-bond acceptors (Lipinski definition) is 4. The van der Waals surface area contributed by atoms with Crippen LogP contribution in [0.2, 0.25) is 0 Å². The van der Waals surface area contributed by atoms with Gasteiger partial charge in [0.2, 0.25) is 0 Å². The fraction of sp³-hybridized carbons (Fsp3) is 0.478. The van der Waals surface area contributed by atoms with Crippen molar-refractivity contribution < 1.29 is 4.79 Å². The van der Waals surface area contributed by atoms with Crippen LogP contribution in [0.25, 0.3) is 0 Å². The van der Waals surface area contributed by atoms with Crippen LogP contribution < -0.4 is 5.32 Å². The van der Waals surface area contributed by atoms with Crippen molar-refractivity contribution in [1.82, 2.24) is 15.2 Å². The Hall–Kier alpha value is -1.85. The van der Waals surface area contributed by atoms with Crippen LogP contribution >= 0.6 is 11.8 Å². The summed E-state index contributed by atoms with van der Waals surface area (Å²) in [7, 11) is 0. The summed E-state index contributed by atoms with van der Waals surface area (Å²) in [4.78, 5) is 20.5. The second-order valence-electron chi connectivity index (χ2n) is 8.35. The van der Waals surface area contributed by atoms with Gasteiger partial charge in [-0.1, -0.05) is 30.3 Å². The summed E-state index contributed by atoms with van der Waals surface area (Å²) in [6, 6.07) is 15.8. The minimum atomic E-state index is -0.00762. The molecule has 2 aromatic rings. The fourth-order valence-corrected chi connectivity index (χ4v) is 6.11. The summed E-state index contributed by atoms with van der Waals surface area (Å²) >= 11 is 1.53. The zero-order chi connectivity index (χ0) is 19.1. The Balaban J connectivity index is 1.52. The number of fused-ring (bicyclic) bond motifs is 2. The molecule has 0 radical (unpaired) electrons. The van der Waals surface area contributed by atoms with E-state index in [1.54, 1.807) is 6.20 Å². The molecule has 5 heteroatoms. The molecule has 2 saturated heterocycles. The van der Waals surface area contributed by atoms with Crippen molar-refractivity contribution in [2.24, 2.45) is 0 Å². The maximum atomic E-state index is 13.3. The summed E-state index contributed by atoms with van der Waals surface area (Å²) in [6.45, 7) is 0. The summed E-state index contributed by atoms with van der Waals surface area (Å²) in [6.07, 6.45) is 11.2. The number of rotatable bonds is 6. The van der Waals surface area contributed by atoms with Crippen molar-refractivity contribution >= 4 is 17.7 Å². The van der Waals surface area contributed by atoms with E-state index in [9.17, 15) is 4.79 Å². The van der Waals surface area contributed by atoms with Gasteiger partial charge in [-0.2, -0.15) is 0 Å². The van der Waals surface area contributed by atoms with Gasteiger partial charge in [0.1, 0.15) is 5.03 Å². The molecule has 1 amide bonds. The first-order valence-corrected chi connectivity index (χ1v) is 11.6. The van der Waals surface area contributed by atoms with Crippen LogP contribution in [0.4, 0.5) is 0 Å². The summed E-state index contributed by atoms with van der Waals surface area (Å²) < 4.78 is 0. The Kier molecular flexibility index (Phi) is 4.68. The highest BCUT2D eigenvalue weighted by molar-refractivity contribution is 7.98. The highest BCUT2D eigenvalue weighted by Gasteiger charge is 2.60. The molecule has 3 aliphatic rings. The topological polar surface area (TPSA) is 45.2 Å². The number of thioether (sulfide) groups is 1. The largest absolute Gasteiger partial charge is 0.343 e. The van der Waals surface area contributed by atoms with Crippen LogP contribution in [0.5, 0.6) is 0 Å². The molecule has 1 saturated carbocycles. The minimum absolute atomic E-state index is 0.00762. The molecule has 0 spiro atoms. The molecular formula is C23H27N3OS. The monoisotopic (exact) mass is 393 g/mol. The second kappa shape index (κ2) is 7.20. The average molecular weight is 394 g/mol. The molecular weight excluding hydrogens is 366 g/mol. The lowest BCUT2D eigenvalue weighted by atomic mass is 9.78. The molecule has 1 aliphatic carbocycles. The molecule has 4 nitrogen and oxygen atoms in total. The van der Waals surface area contributed by atoms with Gasteiger partial charge in [0, 0.05) is 23.8 Å². The first-order valence-electron chi connectivity index (χ1n) is 10.4. The zero-order valence-corrected chi connectivity index (χ0v) is 17.1. The van der Waals surface area contributed by atoms with E-state index in [0.29, 0.717) is 11.6 Å². The Bertz CT molecular complexity index is 859. The molecule has 2 aliphatic heterocycles. The molecule has 1 aromatic heterocycles. The first-order chi connectivity index (χ1) is 13.7. The Labute approximate surface area is 171 Å². The van der Waals surface area contributed by atoms with Gasteiger partial charge >= 0.3 is 0 Å². The summed E-state index contributed by atoms with van der Waals surface area (Å²) in [5, 5.41) is 4.25. The average Bonchev–Trinajstić information content (AvgIpc) is 3.44. The van der Waals surface area contributed by atoms with Gasteiger partial charge in [0.25, 0.3) is 5.91 Å². The Morgan fingerprint density at radius 3 is 2.50 bits per heavy atom. The molecule has 1 N–H and O–H groups in total. The molecule has 1 atom stereocenters. The molecule has 28 heavy (non-hydrogen) atoms. The summed E-state index contributed by atoms with van der Waals surface area (Å²) in [5.41, 5.74) is 1.96. The third-order valence-corrected chi connectivity index (χ3v) is 7.54. The standard InChI is InChI=1S/C23H27N3OS/c1-28-22-19(8-5-15-24-22)21(27)25-20(16-6-3-2-4-7-16)23-13-11-18(12-14-23)26(23)17-9-10-17/h2-8,15,17-18,20H,9-14H2,1H3,(H,25,27)/t18?,20-,23?/m1/s1. The lowest BCUT2D eigenvalue weighted by Crippen LogP contribution is -2.53. The van der Waals surface area contributed by atoms with E-state index in [0.717, 1.165) is 11.1 Å². The minimum Gasteiger partial charge on any atom is -0.343 e. The predicted octanol–water partition coefficient (Wildman–Crippen LogP) is 4.43. The van der Waals surface area contributed by atoms with Crippen LogP contribution in [0, 0.1) is 0 Å². The molecule has 146 valence electrons. The zero-order valence-electron chi connectivity index (χ0n) is 16.3. The van der Waals surface area contributed by atoms with E-state index >= 15 is 0 Å². The summed E-state index contributed by atoms with van der Waals surface area (Å²) in [5.74, 6) is -0.00762. The third kappa shape index (κ3) is 2.96. The molecule has 1 aromatic carbocycles. The number of amides is 1. The number of nitrogens with one attached hydrogen (secondary N) is 1. The van der Waals surface area contributed by atoms with Gasteiger partial charge in [-0.15, -0.1) is 11.8 Å². The Morgan fingerprint density at radius 2 is 1.82 bits per heavy atom. The maximum Gasteiger partial charge on any atom is 0.254 e. The Morgan fingerprint density at radius 1 is 1.11 bits per heavy atom. The fourth-order valence-electron chi connectivity index (χ4n) is 5.56. The van der Waals surface area contributed by atoms with Crippen molar-refractivity contribution in [2.75, 3.05) is 6.26 Å². The smallest absolute Gasteiger partial charge is 0.254 e. The van der Waals surface area contributed by atoms with Crippen LogP contribution in [0.3, 0.4) is 0 Å². The van der Waals surface area contributed by atoms with Gasteiger partial charge in [-0.25, -0.2) is 4.98 Å². The van der Waals surface area contributed by atoms with Crippen LogP contribution in [0.1, 0.15) is 60.5 Å². The molecule has 5 rings (SSSR count). The SMILES string of the molecule is CSc1ncccc1C(=O)N[C@H](c1ccccc1)C12CCC(CC1)N2C1CC1. The van der Waals surface area contributed by atoms with E-state index in [1.165, 1.54) is 55.9 Å². The normalized spacial score (nSPS) is 27.7. The van der Waals surface area contributed by atoms with E-state index in [-0.39, 0.29) is 17.5 Å². The second-order valence-corrected chi connectivity index (χ2v) is 9.15. The van der Waals surface area contributed by atoms with Gasteiger partial charge in [0.15, 0.2) is 0 Å². The number of nitrogens with zero attached hydrogens (tertiary/aromatic N) is 2. The van der Waals surface area contributed by atoms with Gasteiger partial charge in [-0.05, 0) is 62.5 Å². The maximum absolute atomic E-state index is 13.3. The molecule has 0 unspecified atom stereocenters. The van der Waals surface area contributed by atoms with Crippen LogP contribution in [0.15, 0.2) is 53.7 Å². The van der Waals surface area contributed by atoms with E-state index in [4.69, 9.17) is 0 Å². The van der Waals surface area contributed by atoms with Gasteiger partial charge in [0.05, 0.1) is 11.6 Å². The lowest BCUT2D eigenvalue weighted by molar-refractivity contribution is 0.0753. The number of aromatic nitrogens is 1. The molecule has 3 fully saturated rings. The van der Waals surface area contributed by atoms with Crippen molar-refractivity contribution in [3.8, 4) is 0 Å². The number of carbonyl (C=O) groups excluding carboxylic acids is 1. The van der Waals surface area contributed by atoms with Crippen molar-refractivity contribution in [3.05, 3.63) is 59.8 Å². The number of carbonyl (C=O) groups is 1. The number of benzene rings is 1. The molecule has 3 heterocycles. The van der Waals surface area contributed by atoms with Crippen LogP contribution in [-0.4, -0.2) is 39.7 Å². The van der Waals surface area contributed by atoms with Gasteiger partial charge < -0.3 is 5.32 Å². The quantitative estimate of drug-likeness (QED) is 0.737. The van der Waals surface area contributed by atoms with Crippen molar-refractivity contribution in [2.45, 2.75) is 67.2 Å². The highest BCUT2D eigenvalue weighted by Crippen LogP contribution is 2.56. The van der Waals surface area contributed by atoms with Gasteiger partial charge in [-0.3, -0.25) is 9.69 Å². The van der Waals surface area contributed by atoms with E-state index in [1.807, 2.05) is 18.4 Å². The highest BCUT2D eigenvalue weighted by atomic mass is 32.2. The van der Waals surface area contributed by atoms with Crippen LogP contribution in [-0.2, 0) is 0 Å². The van der Waals surface area contributed by atoms with E-state index < -0.39 is 0 Å². The third-order valence-electron chi connectivity index (χ3n) is 6.82.